The van der Waals surface area contributed by atoms with Crippen LogP contribution < -0.4 is 0 Å². The number of alkyl halides is 1. The van der Waals surface area contributed by atoms with Crippen molar-refractivity contribution in [3.63, 3.8) is 0 Å². The first-order valence-electron chi connectivity index (χ1n) is 3.65. The van der Waals surface area contributed by atoms with Gasteiger partial charge in [-0.15, -0.1) is 0 Å². The number of rotatable bonds is 3. The topological polar surface area (TPSA) is 37.3 Å². The van der Waals surface area contributed by atoms with Gasteiger partial charge in [-0.05, 0) is 11.3 Å². The summed E-state index contributed by atoms with van der Waals surface area (Å²) in [5, 5.41) is 9.31. The van der Waals surface area contributed by atoms with E-state index in [1.165, 1.54) is 0 Å². The molecule has 0 aliphatic rings. The van der Waals surface area contributed by atoms with Crippen molar-refractivity contribution in [2.45, 2.75) is 27.2 Å². The lowest BCUT2D eigenvalue weighted by molar-refractivity contribution is -0.138. The van der Waals surface area contributed by atoms with Crippen LogP contribution in [-0.2, 0) is 4.79 Å². The van der Waals surface area contributed by atoms with E-state index in [0.717, 1.165) is 5.33 Å². The summed E-state index contributed by atoms with van der Waals surface area (Å²) in [5.41, 5.74) is 0.0713. The standard InChI is InChI=1S/C8H15BrO2/c1-8(2,3)6(5-9)4-7(10)11/h6H,4-5H2,1-3H3,(H,10,11). The van der Waals surface area contributed by atoms with Crippen LogP contribution in [0.2, 0.25) is 0 Å². The van der Waals surface area contributed by atoms with E-state index in [1.54, 1.807) is 0 Å². The van der Waals surface area contributed by atoms with E-state index < -0.39 is 5.97 Å². The van der Waals surface area contributed by atoms with Gasteiger partial charge in [-0.1, -0.05) is 36.7 Å². The van der Waals surface area contributed by atoms with E-state index in [2.05, 4.69) is 36.7 Å². The zero-order chi connectivity index (χ0) is 9.07. The molecule has 0 amide bonds. The lowest BCUT2D eigenvalue weighted by Gasteiger charge is -2.27. The Morgan fingerprint density at radius 1 is 1.55 bits per heavy atom. The number of carboxylic acid groups (broad SMARTS) is 1. The van der Waals surface area contributed by atoms with E-state index >= 15 is 0 Å². The van der Waals surface area contributed by atoms with Crippen molar-refractivity contribution in [2.24, 2.45) is 11.3 Å². The summed E-state index contributed by atoms with van der Waals surface area (Å²) in [6.07, 6.45) is 0.245. The third-order valence-electron chi connectivity index (χ3n) is 1.83. The smallest absolute Gasteiger partial charge is 0.303 e. The molecule has 0 heterocycles. The molecule has 0 fully saturated rings. The van der Waals surface area contributed by atoms with Crippen LogP contribution in [0.5, 0.6) is 0 Å². The number of halogens is 1. The van der Waals surface area contributed by atoms with E-state index in [0.29, 0.717) is 0 Å². The molecule has 66 valence electrons. The van der Waals surface area contributed by atoms with Gasteiger partial charge >= 0.3 is 5.97 Å². The largest absolute Gasteiger partial charge is 0.481 e. The molecule has 0 aliphatic carbocycles. The summed E-state index contributed by atoms with van der Waals surface area (Å²) in [4.78, 5) is 10.4. The minimum Gasteiger partial charge on any atom is -0.481 e. The van der Waals surface area contributed by atoms with Crippen molar-refractivity contribution in [3.05, 3.63) is 0 Å². The Balaban J connectivity index is 4.07. The van der Waals surface area contributed by atoms with Crippen LogP contribution in [0.25, 0.3) is 0 Å². The van der Waals surface area contributed by atoms with Gasteiger partial charge in [0.05, 0.1) is 0 Å². The SMILES string of the molecule is CC(C)(C)C(CBr)CC(=O)O. The van der Waals surface area contributed by atoms with Crippen molar-refractivity contribution in [1.82, 2.24) is 0 Å². The molecule has 11 heavy (non-hydrogen) atoms. The van der Waals surface area contributed by atoms with Crippen LogP contribution in [0.15, 0.2) is 0 Å². The minimum atomic E-state index is -0.718. The monoisotopic (exact) mass is 222 g/mol. The first kappa shape index (κ1) is 11.0. The fourth-order valence-corrected chi connectivity index (χ4v) is 2.00. The molecule has 0 aromatic rings. The average molecular weight is 223 g/mol. The van der Waals surface area contributed by atoms with Crippen LogP contribution in [0.3, 0.4) is 0 Å². The third kappa shape index (κ3) is 4.40. The molecule has 0 spiro atoms. The highest BCUT2D eigenvalue weighted by molar-refractivity contribution is 9.09. The van der Waals surface area contributed by atoms with Gasteiger partial charge in [-0.3, -0.25) is 4.79 Å². The molecule has 3 heteroatoms. The summed E-state index contributed by atoms with van der Waals surface area (Å²) in [6, 6.07) is 0. The summed E-state index contributed by atoms with van der Waals surface area (Å²) < 4.78 is 0. The summed E-state index contributed by atoms with van der Waals surface area (Å²) in [5.74, 6) is -0.510. The zero-order valence-corrected chi connectivity index (χ0v) is 8.81. The molecule has 1 unspecified atom stereocenters. The summed E-state index contributed by atoms with van der Waals surface area (Å²) in [7, 11) is 0. The first-order valence-corrected chi connectivity index (χ1v) is 4.78. The highest BCUT2D eigenvalue weighted by Crippen LogP contribution is 2.29. The van der Waals surface area contributed by atoms with Crippen LogP contribution >= 0.6 is 15.9 Å². The number of aliphatic carboxylic acids is 1. The number of hydrogen-bond acceptors (Lipinski definition) is 1. The van der Waals surface area contributed by atoms with Crippen LogP contribution in [0, 0.1) is 11.3 Å². The van der Waals surface area contributed by atoms with Crippen LogP contribution in [0.1, 0.15) is 27.2 Å². The molecule has 0 aromatic carbocycles. The normalized spacial score (nSPS) is 14.5. The fraction of sp³-hybridized carbons (Fsp3) is 0.875. The van der Waals surface area contributed by atoms with Crippen molar-refractivity contribution in [2.75, 3.05) is 5.33 Å². The second-order valence-corrected chi connectivity index (χ2v) is 4.46. The average Bonchev–Trinajstić information content (AvgIpc) is 1.79. The molecule has 1 atom stereocenters. The molecule has 0 radical (unpaired) electrons. The highest BCUT2D eigenvalue weighted by Gasteiger charge is 2.25. The van der Waals surface area contributed by atoms with Gasteiger partial charge in [0.1, 0.15) is 0 Å². The maximum absolute atomic E-state index is 10.4. The van der Waals surface area contributed by atoms with Gasteiger partial charge in [0.15, 0.2) is 0 Å². The third-order valence-corrected chi connectivity index (χ3v) is 2.61. The Morgan fingerprint density at radius 3 is 2.09 bits per heavy atom. The quantitative estimate of drug-likeness (QED) is 0.746. The summed E-state index contributed by atoms with van der Waals surface area (Å²) in [6.45, 7) is 6.17. The molecule has 0 bridgehead atoms. The van der Waals surface area contributed by atoms with Crippen molar-refractivity contribution >= 4 is 21.9 Å². The van der Waals surface area contributed by atoms with Gasteiger partial charge in [-0.2, -0.15) is 0 Å². The van der Waals surface area contributed by atoms with Gasteiger partial charge in [-0.25, -0.2) is 0 Å². The second kappa shape index (κ2) is 4.10. The second-order valence-electron chi connectivity index (χ2n) is 3.82. The molecular formula is C8H15BrO2. The van der Waals surface area contributed by atoms with Gasteiger partial charge in [0.2, 0.25) is 0 Å². The Kier molecular flexibility index (Phi) is 4.08. The molecule has 0 aromatic heterocycles. The predicted molar refractivity (Wildman–Crippen MR) is 49.0 cm³/mol. The fourth-order valence-electron chi connectivity index (χ4n) is 0.803. The van der Waals surface area contributed by atoms with Crippen molar-refractivity contribution in [3.8, 4) is 0 Å². The van der Waals surface area contributed by atoms with E-state index in [4.69, 9.17) is 5.11 Å². The van der Waals surface area contributed by atoms with Gasteiger partial charge < -0.3 is 5.11 Å². The molecule has 1 N–H and O–H groups in total. The Bertz CT molecular complexity index is 138. The maximum Gasteiger partial charge on any atom is 0.303 e. The maximum atomic E-state index is 10.4. The molecule has 0 aliphatic heterocycles. The molecule has 2 nitrogen and oxygen atoms in total. The zero-order valence-electron chi connectivity index (χ0n) is 7.22. The Morgan fingerprint density at radius 2 is 2.00 bits per heavy atom. The number of carboxylic acids is 1. The predicted octanol–water partition coefficient (Wildman–Crippen LogP) is 2.52. The lowest BCUT2D eigenvalue weighted by Crippen LogP contribution is -2.24. The molecular weight excluding hydrogens is 208 g/mol. The highest BCUT2D eigenvalue weighted by atomic mass is 79.9. The minimum absolute atomic E-state index is 0.0713. The number of hydrogen-bond donors (Lipinski definition) is 1. The van der Waals surface area contributed by atoms with Crippen LogP contribution in [0.4, 0.5) is 0 Å². The van der Waals surface area contributed by atoms with E-state index in [-0.39, 0.29) is 17.8 Å². The van der Waals surface area contributed by atoms with Crippen molar-refractivity contribution in [1.29, 1.82) is 0 Å². The molecule has 0 saturated heterocycles. The van der Waals surface area contributed by atoms with Crippen LogP contribution in [-0.4, -0.2) is 16.4 Å². The van der Waals surface area contributed by atoms with Gasteiger partial charge in [0, 0.05) is 11.8 Å². The van der Waals surface area contributed by atoms with Crippen molar-refractivity contribution < 1.29 is 9.90 Å². The van der Waals surface area contributed by atoms with E-state index in [1.807, 2.05) is 0 Å². The molecule has 0 rings (SSSR count). The summed E-state index contributed by atoms with van der Waals surface area (Å²) >= 11 is 3.32. The Hall–Kier alpha value is -0.0500. The molecule has 0 saturated carbocycles. The van der Waals surface area contributed by atoms with Gasteiger partial charge in [0.25, 0.3) is 0 Å². The lowest BCUT2D eigenvalue weighted by atomic mass is 9.80. The first-order chi connectivity index (χ1) is 4.88. The Labute approximate surface area is 76.1 Å². The van der Waals surface area contributed by atoms with E-state index in [9.17, 15) is 4.79 Å². The number of carbonyl (C=O) groups is 1.